The summed E-state index contributed by atoms with van der Waals surface area (Å²) >= 11 is 0. The van der Waals surface area contributed by atoms with Crippen LogP contribution in [-0.4, -0.2) is 51.9 Å². The first-order valence-corrected chi connectivity index (χ1v) is 7.87. The van der Waals surface area contributed by atoms with Gasteiger partial charge in [0.25, 0.3) is 5.91 Å². The van der Waals surface area contributed by atoms with Crippen LogP contribution in [0.25, 0.3) is 0 Å². The van der Waals surface area contributed by atoms with E-state index in [1.807, 2.05) is 32.2 Å². The second kappa shape index (κ2) is 6.73. The molecule has 3 rings (SSSR count). The van der Waals surface area contributed by atoms with Crippen LogP contribution >= 0.6 is 0 Å². The van der Waals surface area contributed by atoms with Gasteiger partial charge in [-0.15, -0.1) is 0 Å². The van der Waals surface area contributed by atoms with E-state index in [1.165, 1.54) is 0 Å². The first-order chi connectivity index (χ1) is 11.1. The number of piperidine rings is 1. The Morgan fingerprint density at radius 3 is 2.83 bits per heavy atom. The molecule has 6 nitrogen and oxygen atoms in total. The molecule has 120 valence electrons. The van der Waals surface area contributed by atoms with Crippen LogP contribution in [0.2, 0.25) is 0 Å². The molecule has 1 aliphatic rings. The summed E-state index contributed by atoms with van der Waals surface area (Å²) in [4.78, 5) is 29.4. The number of carbonyl (C=O) groups excluding carboxylic acids is 1. The predicted octanol–water partition coefficient (Wildman–Crippen LogP) is 1.92. The van der Waals surface area contributed by atoms with Gasteiger partial charge in [0.1, 0.15) is 11.5 Å². The molecule has 1 amide bonds. The maximum Gasteiger partial charge on any atom is 0.274 e. The van der Waals surface area contributed by atoms with Gasteiger partial charge in [-0.2, -0.15) is 0 Å². The van der Waals surface area contributed by atoms with Crippen LogP contribution in [0, 0.1) is 6.92 Å². The van der Waals surface area contributed by atoms with Gasteiger partial charge >= 0.3 is 0 Å². The van der Waals surface area contributed by atoms with E-state index in [9.17, 15) is 4.79 Å². The Bertz CT molecular complexity index is 658. The van der Waals surface area contributed by atoms with Crippen LogP contribution in [0.5, 0.6) is 0 Å². The highest BCUT2D eigenvalue weighted by molar-refractivity contribution is 5.92. The van der Waals surface area contributed by atoms with E-state index in [2.05, 4.69) is 19.9 Å². The Morgan fingerprint density at radius 1 is 1.26 bits per heavy atom. The van der Waals surface area contributed by atoms with Gasteiger partial charge in [-0.3, -0.25) is 9.78 Å². The Hall–Kier alpha value is -2.50. The highest BCUT2D eigenvalue weighted by Gasteiger charge is 2.27. The van der Waals surface area contributed by atoms with Crippen molar-refractivity contribution >= 4 is 11.7 Å². The minimum atomic E-state index is -0.0784. The Labute approximate surface area is 136 Å². The molecule has 2 aromatic rings. The Morgan fingerprint density at radius 2 is 2.13 bits per heavy atom. The van der Waals surface area contributed by atoms with Gasteiger partial charge in [0, 0.05) is 38.6 Å². The summed E-state index contributed by atoms with van der Waals surface area (Å²) in [7, 11) is 1.84. The summed E-state index contributed by atoms with van der Waals surface area (Å²) in [5.41, 5.74) is 1.20. The molecule has 0 saturated carbocycles. The highest BCUT2D eigenvalue weighted by atomic mass is 16.2. The number of anilines is 1. The third-order valence-corrected chi connectivity index (χ3v) is 4.24. The summed E-state index contributed by atoms with van der Waals surface area (Å²) in [6.07, 6.45) is 7.01. The first kappa shape index (κ1) is 15.4. The van der Waals surface area contributed by atoms with Crippen LogP contribution in [-0.2, 0) is 0 Å². The lowest BCUT2D eigenvalue weighted by Gasteiger charge is -2.38. The molecule has 0 spiro atoms. The number of hydrogen-bond acceptors (Lipinski definition) is 5. The maximum absolute atomic E-state index is 12.6. The SMILES string of the molecule is Cc1cnc(C(=O)N(C)[C@H]2CCCN(c3ccccn3)C2)cn1. The number of carbonyl (C=O) groups is 1. The summed E-state index contributed by atoms with van der Waals surface area (Å²) in [5.74, 6) is 0.888. The molecule has 2 aromatic heterocycles. The molecular formula is C17H21N5O. The molecule has 1 atom stereocenters. The number of hydrogen-bond donors (Lipinski definition) is 0. The number of amides is 1. The lowest BCUT2D eigenvalue weighted by Crippen LogP contribution is -2.49. The summed E-state index contributed by atoms with van der Waals surface area (Å²) in [5, 5.41) is 0. The Balaban J connectivity index is 1.70. The zero-order valence-corrected chi connectivity index (χ0v) is 13.5. The second-order valence-electron chi connectivity index (χ2n) is 5.89. The minimum Gasteiger partial charge on any atom is -0.355 e. The first-order valence-electron chi connectivity index (χ1n) is 7.87. The van der Waals surface area contributed by atoms with Gasteiger partial charge in [-0.25, -0.2) is 9.97 Å². The van der Waals surface area contributed by atoms with Crippen molar-refractivity contribution in [1.82, 2.24) is 19.9 Å². The number of rotatable bonds is 3. The fraction of sp³-hybridized carbons (Fsp3) is 0.412. The topological polar surface area (TPSA) is 62.2 Å². The van der Waals surface area contributed by atoms with Crippen LogP contribution in [0.4, 0.5) is 5.82 Å². The maximum atomic E-state index is 12.6. The molecular weight excluding hydrogens is 290 g/mol. The zero-order chi connectivity index (χ0) is 16.2. The fourth-order valence-corrected chi connectivity index (χ4v) is 2.87. The molecule has 0 aromatic carbocycles. The van der Waals surface area contributed by atoms with Crippen molar-refractivity contribution in [3.05, 3.63) is 48.2 Å². The van der Waals surface area contributed by atoms with Crippen molar-refractivity contribution in [2.75, 3.05) is 25.0 Å². The molecule has 23 heavy (non-hydrogen) atoms. The van der Waals surface area contributed by atoms with Gasteiger partial charge in [-0.05, 0) is 31.9 Å². The fourth-order valence-electron chi connectivity index (χ4n) is 2.87. The number of aryl methyl sites for hydroxylation is 1. The Kier molecular flexibility index (Phi) is 4.50. The number of likely N-dealkylation sites (N-methyl/N-ethyl adjacent to an activating group) is 1. The smallest absolute Gasteiger partial charge is 0.274 e. The van der Waals surface area contributed by atoms with E-state index in [0.717, 1.165) is 37.4 Å². The summed E-state index contributed by atoms with van der Waals surface area (Å²) < 4.78 is 0. The van der Waals surface area contributed by atoms with Crippen molar-refractivity contribution in [3.63, 3.8) is 0 Å². The van der Waals surface area contributed by atoms with Gasteiger partial charge in [-0.1, -0.05) is 6.07 Å². The van der Waals surface area contributed by atoms with Gasteiger partial charge < -0.3 is 9.80 Å². The summed E-state index contributed by atoms with van der Waals surface area (Å²) in [6.45, 7) is 3.62. The average Bonchev–Trinajstić information content (AvgIpc) is 2.62. The number of aromatic nitrogens is 3. The van der Waals surface area contributed by atoms with E-state index < -0.39 is 0 Å². The lowest BCUT2D eigenvalue weighted by molar-refractivity contribution is 0.0711. The molecule has 1 aliphatic heterocycles. The predicted molar refractivity (Wildman–Crippen MR) is 88.3 cm³/mol. The normalized spacial score (nSPS) is 17.8. The monoisotopic (exact) mass is 311 g/mol. The van der Waals surface area contributed by atoms with Crippen molar-refractivity contribution in [3.8, 4) is 0 Å². The largest absolute Gasteiger partial charge is 0.355 e. The van der Waals surface area contributed by atoms with E-state index in [1.54, 1.807) is 23.5 Å². The molecule has 0 bridgehead atoms. The molecule has 0 N–H and O–H groups in total. The third kappa shape index (κ3) is 3.47. The standard InChI is InChI=1S/C17H21N5O/c1-13-10-20-15(11-19-13)17(23)21(2)14-6-5-9-22(12-14)16-7-3-4-8-18-16/h3-4,7-8,10-11,14H,5-6,9,12H2,1-2H3/t14-/m0/s1. The van der Waals surface area contributed by atoms with Crippen molar-refractivity contribution < 1.29 is 4.79 Å². The molecule has 0 unspecified atom stereocenters. The van der Waals surface area contributed by atoms with Gasteiger partial charge in [0.05, 0.1) is 11.9 Å². The lowest BCUT2D eigenvalue weighted by atomic mass is 10.0. The average molecular weight is 311 g/mol. The van der Waals surface area contributed by atoms with E-state index in [4.69, 9.17) is 0 Å². The van der Waals surface area contributed by atoms with Crippen molar-refractivity contribution in [2.45, 2.75) is 25.8 Å². The van der Waals surface area contributed by atoms with Gasteiger partial charge in [0.2, 0.25) is 0 Å². The molecule has 0 radical (unpaired) electrons. The third-order valence-electron chi connectivity index (χ3n) is 4.24. The molecule has 0 aliphatic carbocycles. The second-order valence-corrected chi connectivity index (χ2v) is 5.89. The van der Waals surface area contributed by atoms with Gasteiger partial charge in [0.15, 0.2) is 0 Å². The molecule has 1 saturated heterocycles. The molecule has 1 fully saturated rings. The molecule has 3 heterocycles. The zero-order valence-electron chi connectivity index (χ0n) is 13.5. The van der Waals surface area contributed by atoms with E-state index in [-0.39, 0.29) is 11.9 Å². The van der Waals surface area contributed by atoms with Crippen LogP contribution in [0.1, 0.15) is 29.0 Å². The van der Waals surface area contributed by atoms with Crippen LogP contribution in [0.3, 0.4) is 0 Å². The number of pyridine rings is 1. The quantitative estimate of drug-likeness (QED) is 0.866. The van der Waals surface area contributed by atoms with Crippen molar-refractivity contribution in [2.24, 2.45) is 0 Å². The summed E-state index contributed by atoms with van der Waals surface area (Å²) in [6, 6.07) is 6.07. The minimum absolute atomic E-state index is 0.0784. The van der Waals surface area contributed by atoms with E-state index in [0.29, 0.717) is 5.69 Å². The van der Waals surface area contributed by atoms with Crippen LogP contribution in [0.15, 0.2) is 36.8 Å². The van der Waals surface area contributed by atoms with Crippen LogP contribution < -0.4 is 4.90 Å². The number of nitrogens with zero attached hydrogens (tertiary/aromatic N) is 5. The highest BCUT2D eigenvalue weighted by Crippen LogP contribution is 2.20. The van der Waals surface area contributed by atoms with Crippen molar-refractivity contribution in [1.29, 1.82) is 0 Å². The van der Waals surface area contributed by atoms with E-state index >= 15 is 0 Å². The molecule has 6 heteroatoms.